The molecule has 170 valence electrons. The van der Waals surface area contributed by atoms with Crippen LogP contribution in [-0.4, -0.2) is 19.2 Å². The quantitative estimate of drug-likeness (QED) is 0.221. The van der Waals surface area contributed by atoms with Crippen molar-refractivity contribution in [2.24, 2.45) is 5.92 Å². The highest BCUT2D eigenvalue weighted by Crippen LogP contribution is 2.29. The van der Waals surface area contributed by atoms with Crippen LogP contribution in [0.3, 0.4) is 0 Å². The van der Waals surface area contributed by atoms with Crippen LogP contribution in [-0.2, 0) is 18.8 Å². The molecule has 0 aliphatic rings. The normalized spacial score (nSPS) is 10.9. The number of ether oxygens (including phenoxy) is 3. The lowest BCUT2D eigenvalue weighted by atomic mass is 10.1. The van der Waals surface area contributed by atoms with Gasteiger partial charge < -0.3 is 19.4 Å². The number of methoxy groups -OCH3 is 2. The molecular formula is C24H27ClN2O4S. The summed E-state index contributed by atoms with van der Waals surface area (Å²) in [5.74, 6) is 2.00. The fourth-order valence-corrected chi connectivity index (χ4v) is 4.03. The first-order chi connectivity index (χ1) is 15.4. The van der Waals surface area contributed by atoms with Crippen molar-refractivity contribution in [3.05, 3.63) is 75.7 Å². The van der Waals surface area contributed by atoms with E-state index in [1.54, 1.807) is 18.9 Å². The Morgan fingerprint density at radius 3 is 2.31 bits per heavy atom. The van der Waals surface area contributed by atoms with Crippen molar-refractivity contribution in [2.45, 2.75) is 37.5 Å². The fraction of sp³-hybridized carbons (Fsp3) is 0.333. The van der Waals surface area contributed by atoms with Crippen molar-refractivity contribution >= 4 is 23.4 Å². The van der Waals surface area contributed by atoms with E-state index in [0.29, 0.717) is 34.5 Å². The fourth-order valence-electron chi connectivity index (χ4n) is 3.08. The highest BCUT2D eigenvalue weighted by molar-refractivity contribution is 7.98. The summed E-state index contributed by atoms with van der Waals surface area (Å²) in [5, 5.41) is 13.8. The van der Waals surface area contributed by atoms with Crippen LogP contribution in [0.15, 0.2) is 53.4 Å². The van der Waals surface area contributed by atoms with Crippen LogP contribution in [0.5, 0.6) is 17.5 Å². The summed E-state index contributed by atoms with van der Waals surface area (Å²) in [7, 11) is 3.11. The van der Waals surface area contributed by atoms with Crippen molar-refractivity contribution < 1.29 is 18.9 Å². The third kappa shape index (κ3) is 6.20. The molecule has 0 atom stereocenters. The molecule has 2 aromatic carbocycles. The molecule has 0 aliphatic carbocycles. The minimum Gasteiger partial charge on any atom is -0.616 e. The lowest BCUT2D eigenvalue weighted by molar-refractivity contribution is -0.622. The molecule has 0 aliphatic heterocycles. The molecule has 32 heavy (non-hydrogen) atoms. The SMILES string of the molecule is COc1ccc(COc2nc(CSc3ccc(Cl)cc3)c(OC)[n+]([O-])c2CC(C)C)cc1. The molecule has 0 saturated heterocycles. The predicted octanol–water partition coefficient (Wildman–Crippen LogP) is 5.46. The maximum atomic E-state index is 13.2. The van der Waals surface area contributed by atoms with Crippen LogP contribution in [0.25, 0.3) is 0 Å². The van der Waals surface area contributed by atoms with Crippen molar-refractivity contribution in [3.63, 3.8) is 0 Å². The molecule has 6 nitrogen and oxygen atoms in total. The smallest absolute Gasteiger partial charge is 0.402 e. The average molecular weight is 475 g/mol. The third-order valence-electron chi connectivity index (χ3n) is 4.68. The van der Waals surface area contributed by atoms with Gasteiger partial charge in [0.15, 0.2) is 5.69 Å². The van der Waals surface area contributed by atoms with Gasteiger partial charge in [0.05, 0.1) is 20.0 Å². The largest absolute Gasteiger partial charge is 0.616 e. The number of rotatable bonds is 10. The van der Waals surface area contributed by atoms with Crippen LogP contribution in [0.2, 0.25) is 5.02 Å². The highest BCUT2D eigenvalue weighted by atomic mass is 35.5. The second-order valence-electron chi connectivity index (χ2n) is 7.59. The minimum absolute atomic E-state index is 0.193. The molecule has 0 unspecified atom stereocenters. The van der Waals surface area contributed by atoms with Crippen molar-refractivity contribution in [3.8, 4) is 17.5 Å². The van der Waals surface area contributed by atoms with Gasteiger partial charge in [0, 0.05) is 16.3 Å². The Morgan fingerprint density at radius 2 is 1.72 bits per heavy atom. The van der Waals surface area contributed by atoms with Gasteiger partial charge in [-0.3, -0.25) is 0 Å². The summed E-state index contributed by atoms with van der Waals surface area (Å²) >= 11 is 7.51. The monoisotopic (exact) mass is 474 g/mol. The average Bonchev–Trinajstić information content (AvgIpc) is 2.79. The molecule has 3 aromatic rings. The van der Waals surface area contributed by atoms with E-state index in [0.717, 1.165) is 20.9 Å². The highest BCUT2D eigenvalue weighted by Gasteiger charge is 2.27. The molecule has 8 heteroatoms. The van der Waals surface area contributed by atoms with Crippen LogP contribution >= 0.6 is 23.4 Å². The Morgan fingerprint density at radius 1 is 1.03 bits per heavy atom. The van der Waals surface area contributed by atoms with Crippen molar-refractivity contribution in [1.29, 1.82) is 0 Å². The van der Waals surface area contributed by atoms with Crippen LogP contribution in [0, 0.1) is 11.1 Å². The van der Waals surface area contributed by atoms with E-state index < -0.39 is 0 Å². The molecule has 1 aromatic heterocycles. The molecule has 3 rings (SSSR count). The van der Waals surface area contributed by atoms with Gasteiger partial charge >= 0.3 is 5.88 Å². The van der Waals surface area contributed by atoms with E-state index >= 15 is 0 Å². The van der Waals surface area contributed by atoms with E-state index in [-0.39, 0.29) is 18.4 Å². The standard InChI is InChI=1S/C24H27ClN2O4S/c1-16(2)13-22-23(31-14-17-5-9-19(29-3)10-6-17)26-21(24(30-4)27(22)28)15-32-20-11-7-18(25)8-12-20/h5-12,16H,13-15H2,1-4H3. The summed E-state index contributed by atoms with van der Waals surface area (Å²) in [6.07, 6.45) is 0.523. The molecule has 1 heterocycles. The molecular weight excluding hydrogens is 448 g/mol. The first-order valence-electron chi connectivity index (χ1n) is 10.2. The van der Waals surface area contributed by atoms with Gasteiger partial charge in [-0.15, -0.1) is 16.5 Å². The Kier molecular flexibility index (Phi) is 8.47. The third-order valence-corrected chi connectivity index (χ3v) is 5.95. The second kappa shape index (κ2) is 11.3. The Bertz CT molecular complexity index is 1030. The van der Waals surface area contributed by atoms with Crippen molar-refractivity contribution in [2.75, 3.05) is 14.2 Å². The Labute approximate surface area is 198 Å². The summed E-state index contributed by atoms with van der Waals surface area (Å²) < 4.78 is 17.5. The summed E-state index contributed by atoms with van der Waals surface area (Å²) in [4.78, 5) is 5.72. The van der Waals surface area contributed by atoms with E-state index in [2.05, 4.69) is 0 Å². The second-order valence-corrected chi connectivity index (χ2v) is 9.08. The first-order valence-corrected chi connectivity index (χ1v) is 11.6. The Balaban J connectivity index is 1.88. The lowest BCUT2D eigenvalue weighted by Crippen LogP contribution is -2.37. The number of hydrogen-bond donors (Lipinski definition) is 0. The molecule has 0 spiro atoms. The minimum atomic E-state index is 0.193. The van der Waals surface area contributed by atoms with E-state index in [9.17, 15) is 5.21 Å². The number of nitrogens with zero attached hydrogens (tertiary/aromatic N) is 2. The number of benzene rings is 2. The zero-order valence-corrected chi connectivity index (χ0v) is 20.2. The van der Waals surface area contributed by atoms with E-state index in [1.165, 1.54) is 7.11 Å². The zero-order valence-electron chi connectivity index (χ0n) is 18.6. The molecule has 0 bridgehead atoms. The molecule has 0 fully saturated rings. The summed E-state index contributed by atoms with van der Waals surface area (Å²) in [5.41, 5.74) is 1.94. The number of hydrogen-bond acceptors (Lipinski definition) is 6. The topological polar surface area (TPSA) is 67.5 Å². The van der Waals surface area contributed by atoms with E-state index in [4.69, 9.17) is 30.8 Å². The van der Waals surface area contributed by atoms with Crippen LogP contribution in [0.4, 0.5) is 0 Å². The van der Waals surface area contributed by atoms with Crippen LogP contribution < -0.4 is 18.9 Å². The number of aromatic nitrogens is 2. The molecule has 0 N–H and O–H groups in total. The number of thioether (sulfide) groups is 1. The number of halogens is 1. The predicted molar refractivity (Wildman–Crippen MR) is 127 cm³/mol. The van der Waals surface area contributed by atoms with Gasteiger partial charge in [0.2, 0.25) is 0 Å². The van der Waals surface area contributed by atoms with Gasteiger partial charge in [0.25, 0.3) is 11.6 Å². The summed E-state index contributed by atoms with van der Waals surface area (Å²) in [6, 6.07) is 15.1. The van der Waals surface area contributed by atoms with Gasteiger partial charge in [-0.1, -0.05) is 37.6 Å². The van der Waals surface area contributed by atoms with Crippen molar-refractivity contribution in [1.82, 2.24) is 4.98 Å². The Hall–Kier alpha value is -2.64. The lowest BCUT2D eigenvalue weighted by Gasteiger charge is -2.16. The molecule has 0 radical (unpaired) electrons. The molecule has 0 saturated carbocycles. The van der Waals surface area contributed by atoms with Gasteiger partial charge in [-0.2, -0.15) is 0 Å². The maximum Gasteiger partial charge on any atom is 0.402 e. The zero-order chi connectivity index (χ0) is 23.1. The van der Waals surface area contributed by atoms with E-state index in [1.807, 2.05) is 62.4 Å². The van der Waals surface area contributed by atoms with Gasteiger partial charge in [0.1, 0.15) is 12.4 Å². The maximum absolute atomic E-state index is 13.2. The van der Waals surface area contributed by atoms with Crippen LogP contribution in [0.1, 0.15) is 30.8 Å². The van der Waals surface area contributed by atoms with Gasteiger partial charge in [-0.05, 0) is 47.9 Å². The first kappa shape index (κ1) is 24.0. The molecule has 0 amide bonds. The van der Waals surface area contributed by atoms with Gasteiger partial charge in [-0.25, -0.2) is 4.98 Å². The summed E-state index contributed by atoms with van der Waals surface area (Å²) in [6.45, 7) is 4.38.